The van der Waals surface area contributed by atoms with Crippen LogP contribution in [0.3, 0.4) is 0 Å². The van der Waals surface area contributed by atoms with E-state index in [-0.39, 0.29) is 0 Å². The van der Waals surface area contributed by atoms with Crippen molar-refractivity contribution >= 4 is 0 Å². The van der Waals surface area contributed by atoms with Gasteiger partial charge in [-0.25, -0.2) is 4.39 Å². The minimum Gasteiger partial charge on any atom is -0.497 e. The first-order valence-corrected chi connectivity index (χ1v) is 2.42. The molecule has 0 aliphatic heterocycles. The fraction of sp³-hybridized carbons (Fsp3) is 0.143. The van der Waals surface area contributed by atoms with Crippen molar-refractivity contribution in [1.82, 2.24) is 0 Å². The number of halogens is 1. The lowest BCUT2D eigenvalue weighted by molar-refractivity contribution is 0.308. The van der Waals surface area contributed by atoms with Crippen molar-refractivity contribution in [2.75, 3.05) is 7.11 Å². The van der Waals surface area contributed by atoms with Gasteiger partial charge in [0.25, 0.3) is 0 Å². The Bertz CT molecular complexity index is 147. The molecule has 0 aromatic rings. The Labute approximate surface area is 54.1 Å². The van der Waals surface area contributed by atoms with Crippen molar-refractivity contribution < 1.29 is 9.13 Å². The molecular formula is C7H9FO. The zero-order chi connectivity index (χ0) is 7.28. The zero-order valence-electron chi connectivity index (χ0n) is 5.36. The first-order chi connectivity index (χ1) is 4.16. The van der Waals surface area contributed by atoms with Crippen molar-refractivity contribution in [1.29, 1.82) is 0 Å². The Morgan fingerprint density at radius 2 is 2.00 bits per heavy atom. The lowest BCUT2D eigenvalue weighted by atomic mass is 10.4. The maximum absolute atomic E-state index is 11.8. The molecule has 0 aliphatic carbocycles. The second-order valence-electron chi connectivity index (χ2n) is 1.45. The van der Waals surface area contributed by atoms with Crippen molar-refractivity contribution in [3.05, 3.63) is 36.9 Å². The summed E-state index contributed by atoms with van der Waals surface area (Å²) >= 11 is 0. The molecule has 0 fully saturated rings. The zero-order valence-corrected chi connectivity index (χ0v) is 5.36. The van der Waals surface area contributed by atoms with Gasteiger partial charge in [-0.2, -0.15) is 0 Å². The van der Waals surface area contributed by atoms with E-state index in [0.717, 1.165) is 0 Å². The molecule has 0 saturated carbocycles. The predicted octanol–water partition coefficient (Wildman–Crippen LogP) is 2.19. The Balaban J connectivity index is 3.71. The smallest absolute Gasteiger partial charge is 0.116 e. The van der Waals surface area contributed by atoms with Gasteiger partial charge in [-0.15, -0.1) is 0 Å². The molecule has 0 radical (unpaired) electrons. The van der Waals surface area contributed by atoms with Gasteiger partial charge in [0, 0.05) is 0 Å². The van der Waals surface area contributed by atoms with Gasteiger partial charge >= 0.3 is 0 Å². The first kappa shape index (κ1) is 7.95. The predicted molar refractivity (Wildman–Crippen MR) is 35.5 cm³/mol. The summed E-state index contributed by atoms with van der Waals surface area (Å²) in [5.74, 6) is -0.0954. The fourth-order valence-electron chi connectivity index (χ4n) is 0.251. The molecule has 0 atom stereocenters. The maximum Gasteiger partial charge on any atom is 0.116 e. The molecule has 0 bridgehead atoms. The summed E-state index contributed by atoms with van der Waals surface area (Å²) in [6.07, 6.45) is 2.59. The van der Waals surface area contributed by atoms with Gasteiger partial charge in [0.05, 0.1) is 7.11 Å². The molecule has 0 aromatic heterocycles. The van der Waals surface area contributed by atoms with Crippen molar-refractivity contribution in [2.24, 2.45) is 0 Å². The van der Waals surface area contributed by atoms with Crippen molar-refractivity contribution in [3.63, 3.8) is 0 Å². The van der Waals surface area contributed by atoms with Crippen molar-refractivity contribution in [2.45, 2.75) is 0 Å². The van der Waals surface area contributed by atoms with Crippen LogP contribution in [0.5, 0.6) is 0 Å². The van der Waals surface area contributed by atoms with Crippen LogP contribution < -0.4 is 0 Å². The van der Waals surface area contributed by atoms with Crippen LogP contribution in [0.25, 0.3) is 0 Å². The average Bonchev–Trinajstić information content (AvgIpc) is 1.83. The molecule has 50 valence electrons. The summed E-state index contributed by atoms with van der Waals surface area (Å²) in [6, 6.07) is 0. The van der Waals surface area contributed by atoms with Gasteiger partial charge in [-0.05, 0) is 12.2 Å². The van der Waals surface area contributed by atoms with Crippen LogP contribution in [0.2, 0.25) is 0 Å². The molecule has 0 N–H and O–H groups in total. The summed E-state index contributed by atoms with van der Waals surface area (Å²) < 4.78 is 16.4. The van der Waals surface area contributed by atoms with E-state index in [4.69, 9.17) is 0 Å². The summed E-state index contributed by atoms with van der Waals surface area (Å²) in [7, 11) is 1.47. The summed E-state index contributed by atoms with van der Waals surface area (Å²) in [6.45, 7) is 6.44. The Kier molecular flexibility index (Phi) is 3.44. The van der Waals surface area contributed by atoms with Crippen LogP contribution in [0.15, 0.2) is 36.9 Å². The standard InChI is InChI=1S/C7H9FO/c1-6(8)4-5-7(2)9-3/h4-5H,1-2H2,3H3. The Morgan fingerprint density at radius 1 is 1.44 bits per heavy atom. The van der Waals surface area contributed by atoms with E-state index in [1.807, 2.05) is 0 Å². The number of methoxy groups -OCH3 is 1. The minimum atomic E-state index is -0.506. The van der Waals surface area contributed by atoms with Crippen LogP contribution in [0, 0.1) is 0 Å². The third kappa shape index (κ3) is 4.81. The molecule has 0 saturated heterocycles. The molecule has 1 nitrogen and oxygen atoms in total. The van der Waals surface area contributed by atoms with Crippen LogP contribution in [-0.2, 0) is 4.74 Å². The number of hydrogen-bond acceptors (Lipinski definition) is 1. The summed E-state index contributed by atoms with van der Waals surface area (Å²) in [5, 5.41) is 0. The molecule has 0 aliphatic rings. The van der Waals surface area contributed by atoms with Gasteiger partial charge in [-0.3, -0.25) is 0 Å². The second-order valence-corrected chi connectivity index (χ2v) is 1.45. The molecule has 2 heteroatoms. The average molecular weight is 128 g/mol. The molecule has 0 rings (SSSR count). The van der Waals surface area contributed by atoms with Gasteiger partial charge in [0.1, 0.15) is 11.6 Å². The van der Waals surface area contributed by atoms with E-state index in [1.54, 1.807) is 0 Å². The quantitative estimate of drug-likeness (QED) is 0.418. The normalized spacial score (nSPS) is 9.56. The molecular weight excluding hydrogens is 119 g/mol. The molecule has 0 aromatic carbocycles. The highest BCUT2D eigenvalue weighted by atomic mass is 19.1. The van der Waals surface area contributed by atoms with E-state index in [0.29, 0.717) is 5.76 Å². The Morgan fingerprint density at radius 3 is 2.33 bits per heavy atom. The van der Waals surface area contributed by atoms with Gasteiger partial charge in [0.2, 0.25) is 0 Å². The van der Waals surface area contributed by atoms with Crippen LogP contribution in [-0.4, -0.2) is 7.11 Å². The maximum atomic E-state index is 11.8. The SMILES string of the molecule is C=C(F)C=CC(=C)OC. The molecule has 0 amide bonds. The topological polar surface area (TPSA) is 9.23 Å². The van der Waals surface area contributed by atoms with E-state index < -0.39 is 5.83 Å². The van der Waals surface area contributed by atoms with Gasteiger partial charge in [-0.1, -0.05) is 13.2 Å². The van der Waals surface area contributed by atoms with E-state index in [1.165, 1.54) is 19.3 Å². The summed E-state index contributed by atoms with van der Waals surface area (Å²) in [5.41, 5.74) is 0. The third-order valence-electron chi connectivity index (χ3n) is 0.712. The van der Waals surface area contributed by atoms with E-state index in [2.05, 4.69) is 17.9 Å². The van der Waals surface area contributed by atoms with Crippen molar-refractivity contribution in [3.8, 4) is 0 Å². The lowest BCUT2D eigenvalue weighted by Gasteiger charge is -1.93. The summed E-state index contributed by atoms with van der Waals surface area (Å²) in [4.78, 5) is 0. The monoisotopic (exact) mass is 128 g/mol. The highest BCUT2D eigenvalue weighted by Gasteiger charge is 1.82. The molecule has 9 heavy (non-hydrogen) atoms. The van der Waals surface area contributed by atoms with Crippen LogP contribution in [0.4, 0.5) is 4.39 Å². The highest BCUT2D eigenvalue weighted by molar-refractivity contribution is 5.16. The number of ether oxygens (including phenoxy) is 1. The third-order valence-corrected chi connectivity index (χ3v) is 0.712. The number of rotatable bonds is 3. The molecule has 0 heterocycles. The lowest BCUT2D eigenvalue weighted by Crippen LogP contribution is -1.76. The molecule has 0 unspecified atom stereocenters. The van der Waals surface area contributed by atoms with Gasteiger partial charge < -0.3 is 4.74 Å². The minimum absolute atomic E-state index is 0.411. The highest BCUT2D eigenvalue weighted by Crippen LogP contribution is 1.98. The van der Waals surface area contributed by atoms with Crippen LogP contribution >= 0.6 is 0 Å². The Hall–Kier alpha value is -1.05. The van der Waals surface area contributed by atoms with E-state index in [9.17, 15) is 4.39 Å². The van der Waals surface area contributed by atoms with Crippen LogP contribution in [0.1, 0.15) is 0 Å². The van der Waals surface area contributed by atoms with E-state index >= 15 is 0 Å². The number of allylic oxidation sites excluding steroid dienone is 3. The fourth-order valence-corrected chi connectivity index (χ4v) is 0.251. The number of hydrogen-bond donors (Lipinski definition) is 0. The largest absolute Gasteiger partial charge is 0.497 e. The second kappa shape index (κ2) is 3.89. The first-order valence-electron chi connectivity index (χ1n) is 2.42. The van der Waals surface area contributed by atoms with Gasteiger partial charge in [0.15, 0.2) is 0 Å². The molecule has 0 spiro atoms.